The smallest absolute Gasteiger partial charge is 0.255 e. The summed E-state index contributed by atoms with van der Waals surface area (Å²) >= 11 is 4.84. The van der Waals surface area contributed by atoms with Gasteiger partial charge in [-0.15, -0.1) is 10.2 Å². The summed E-state index contributed by atoms with van der Waals surface area (Å²) in [5.41, 5.74) is 3.28. The minimum Gasteiger partial charge on any atom is -0.322 e. The van der Waals surface area contributed by atoms with E-state index in [1.54, 1.807) is 16.6 Å². The monoisotopic (exact) mass is 427 g/mol. The van der Waals surface area contributed by atoms with Crippen molar-refractivity contribution < 1.29 is 4.79 Å². The van der Waals surface area contributed by atoms with E-state index in [9.17, 15) is 4.79 Å². The third kappa shape index (κ3) is 3.13. The first-order valence-electron chi connectivity index (χ1n) is 7.88. The number of rotatable bonds is 3. The van der Waals surface area contributed by atoms with Crippen molar-refractivity contribution in [3.63, 3.8) is 0 Å². The van der Waals surface area contributed by atoms with E-state index >= 15 is 0 Å². The van der Waals surface area contributed by atoms with Crippen LogP contribution in [0, 0.1) is 13.8 Å². The largest absolute Gasteiger partial charge is 0.322 e. The summed E-state index contributed by atoms with van der Waals surface area (Å²) in [5, 5.41) is 16.5. The molecule has 8 heteroatoms. The number of benzene rings is 2. The first-order valence-corrected chi connectivity index (χ1v) is 9.49. The van der Waals surface area contributed by atoms with Crippen LogP contribution in [0.2, 0.25) is 0 Å². The fourth-order valence-electron chi connectivity index (χ4n) is 2.52. The number of fused-ring (bicyclic) bond motifs is 1. The molecule has 0 spiro atoms. The molecule has 0 aliphatic heterocycles. The van der Waals surface area contributed by atoms with Crippen molar-refractivity contribution in [2.45, 2.75) is 13.8 Å². The maximum absolute atomic E-state index is 12.5. The summed E-state index contributed by atoms with van der Waals surface area (Å²) in [6, 6.07) is 13.2. The lowest BCUT2D eigenvalue weighted by Crippen LogP contribution is -2.12. The quantitative estimate of drug-likeness (QED) is 0.522. The average Bonchev–Trinajstić information content (AvgIpc) is 3.20. The molecule has 2 aromatic carbocycles. The van der Waals surface area contributed by atoms with Crippen molar-refractivity contribution in [3.05, 3.63) is 63.9 Å². The molecule has 6 nitrogen and oxygen atoms in total. The van der Waals surface area contributed by atoms with E-state index in [1.807, 2.05) is 44.2 Å². The van der Waals surface area contributed by atoms with E-state index < -0.39 is 0 Å². The fourth-order valence-corrected chi connectivity index (χ4v) is 3.66. The molecule has 0 radical (unpaired) electrons. The van der Waals surface area contributed by atoms with Crippen LogP contribution in [-0.4, -0.2) is 25.7 Å². The lowest BCUT2D eigenvalue weighted by Gasteiger charge is -2.10. The van der Waals surface area contributed by atoms with Gasteiger partial charge in [0.25, 0.3) is 5.91 Å². The number of aromatic nitrogens is 4. The number of nitrogens with zero attached hydrogens (tertiary/aromatic N) is 4. The van der Waals surface area contributed by atoms with Crippen LogP contribution in [0.3, 0.4) is 0 Å². The molecule has 0 unspecified atom stereocenters. The second kappa shape index (κ2) is 6.62. The molecule has 0 fully saturated rings. The van der Waals surface area contributed by atoms with Crippen molar-refractivity contribution in [2.75, 3.05) is 5.32 Å². The van der Waals surface area contributed by atoms with E-state index in [-0.39, 0.29) is 5.91 Å². The Labute approximate surface area is 162 Å². The van der Waals surface area contributed by atoms with Crippen molar-refractivity contribution in [2.24, 2.45) is 0 Å². The maximum atomic E-state index is 12.5. The van der Waals surface area contributed by atoms with Gasteiger partial charge in [-0.3, -0.25) is 4.79 Å². The molecule has 0 aliphatic carbocycles. The number of amides is 1. The first-order chi connectivity index (χ1) is 12.5. The van der Waals surface area contributed by atoms with Gasteiger partial charge < -0.3 is 5.32 Å². The zero-order valence-corrected chi connectivity index (χ0v) is 16.4. The fraction of sp³-hybridized carbons (Fsp3) is 0.111. The van der Waals surface area contributed by atoms with Crippen molar-refractivity contribution in [3.8, 4) is 10.6 Å². The standard InChI is InChI=1S/C18H14BrN5OS/c1-10-3-4-13(17-23-24-11(2)21-22-18(24)26-17)9-15(10)20-16(25)12-5-7-14(19)8-6-12/h3-9H,1-2H3,(H,20,25). The topological polar surface area (TPSA) is 72.2 Å². The van der Waals surface area contributed by atoms with Crippen LogP contribution in [0.4, 0.5) is 5.69 Å². The van der Waals surface area contributed by atoms with Crippen LogP contribution in [0.25, 0.3) is 15.5 Å². The summed E-state index contributed by atoms with van der Waals surface area (Å²) in [6.45, 7) is 3.83. The van der Waals surface area contributed by atoms with E-state index in [0.717, 1.165) is 37.1 Å². The van der Waals surface area contributed by atoms with Crippen molar-refractivity contribution >= 4 is 43.8 Å². The second-order valence-electron chi connectivity index (χ2n) is 5.84. The average molecular weight is 428 g/mol. The number of halogens is 1. The molecule has 2 aromatic heterocycles. The van der Waals surface area contributed by atoms with Crippen LogP contribution in [0.15, 0.2) is 46.9 Å². The molecule has 0 bridgehead atoms. The Morgan fingerprint density at radius 1 is 1.12 bits per heavy atom. The number of hydrogen-bond donors (Lipinski definition) is 1. The predicted molar refractivity (Wildman–Crippen MR) is 106 cm³/mol. The van der Waals surface area contributed by atoms with Gasteiger partial charge in [-0.05, 0) is 49.7 Å². The molecule has 0 atom stereocenters. The van der Waals surface area contributed by atoms with Gasteiger partial charge >= 0.3 is 0 Å². The SMILES string of the molecule is Cc1ccc(-c2nn3c(C)nnc3s2)cc1NC(=O)c1ccc(Br)cc1. The van der Waals surface area contributed by atoms with E-state index in [2.05, 4.69) is 36.5 Å². The molecule has 4 rings (SSSR count). The molecule has 0 saturated carbocycles. The second-order valence-corrected chi connectivity index (χ2v) is 7.71. The lowest BCUT2D eigenvalue weighted by molar-refractivity contribution is 0.102. The maximum Gasteiger partial charge on any atom is 0.255 e. The summed E-state index contributed by atoms with van der Waals surface area (Å²) in [4.78, 5) is 13.3. The highest BCUT2D eigenvalue weighted by molar-refractivity contribution is 9.10. The van der Waals surface area contributed by atoms with E-state index in [1.165, 1.54) is 11.3 Å². The highest BCUT2D eigenvalue weighted by Gasteiger charge is 2.13. The Bertz CT molecular complexity index is 1120. The molecule has 1 N–H and O–H groups in total. The lowest BCUT2D eigenvalue weighted by atomic mass is 10.1. The van der Waals surface area contributed by atoms with Gasteiger partial charge in [0, 0.05) is 21.3 Å². The van der Waals surface area contributed by atoms with Gasteiger partial charge in [0.2, 0.25) is 4.96 Å². The van der Waals surface area contributed by atoms with E-state index in [4.69, 9.17) is 0 Å². The summed E-state index contributed by atoms with van der Waals surface area (Å²) in [5.74, 6) is 0.602. The predicted octanol–water partition coefficient (Wildman–Crippen LogP) is 4.48. The minimum atomic E-state index is -0.147. The Morgan fingerprint density at radius 2 is 1.88 bits per heavy atom. The van der Waals surface area contributed by atoms with Gasteiger partial charge in [0.1, 0.15) is 5.01 Å². The summed E-state index contributed by atoms with van der Waals surface area (Å²) < 4.78 is 2.66. The molecule has 4 aromatic rings. The van der Waals surface area contributed by atoms with E-state index in [0.29, 0.717) is 5.56 Å². The molecule has 1 amide bonds. The molecule has 26 heavy (non-hydrogen) atoms. The summed E-state index contributed by atoms with van der Waals surface area (Å²) in [6.07, 6.45) is 0. The number of carbonyl (C=O) groups excluding carboxylic acids is 1. The van der Waals surface area contributed by atoms with Crippen molar-refractivity contribution in [1.29, 1.82) is 0 Å². The normalized spacial score (nSPS) is 11.0. The number of hydrogen-bond acceptors (Lipinski definition) is 5. The van der Waals surface area contributed by atoms with Gasteiger partial charge in [0.05, 0.1) is 0 Å². The Hall–Kier alpha value is -2.58. The minimum absolute atomic E-state index is 0.147. The van der Waals surface area contributed by atoms with Crippen LogP contribution in [0.1, 0.15) is 21.7 Å². The third-order valence-corrected chi connectivity index (χ3v) is 5.46. The van der Waals surface area contributed by atoms with Crippen LogP contribution < -0.4 is 5.32 Å². The zero-order chi connectivity index (χ0) is 18.3. The highest BCUT2D eigenvalue weighted by Crippen LogP contribution is 2.29. The third-order valence-electron chi connectivity index (χ3n) is 3.99. The molecular formula is C18H14BrN5OS. The Kier molecular flexibility index (Phi) is 4.29. The highest BCUT2D eigenvalue weighted by atomic mass is 79.9. The summed E-state index contributed by atoms with van der Waals surface area (Å²) in [7, 11) is 0. The molecule has 2 heterocycles. The van der Waals surface area contributed by atoms with Gasteiger partial charge in [-0.2, -0.15) is 9.61 Å². The Morgan fingerprint density at radius 3 is 2.62 bits per heavy atom. The molecule has 0 aliphatic rings. The number of nitrogens with one attached hydrogen (secondary N) is 1. The van der Waals surface area contributed by atoms with Crippen LogP contribution in [0.5, 0.6) is 0 Å². The zero-order valence-electron chi connectivity index (χ0n) is 14.0. The molecular weight excluding hydrogens is 414 g/mol. The van der Waals surface area contributed by atoms with Gasteiger partial charge in [-0.25, -0.2) is 0 Å². The Balaban J connectivity index is 1.65. The van der Waals surface area contributed by atoms with Crippen molar-refractivity contribution in [1.82, 2.24) is 19.8 Å². The van der Waals surface area contributed by atoms with Crippen LogP contribution >= 0.6 is 27.3 Å². The number of anilines is 1. The van der Waals surface area contributed by atoms with Gasteiger partial charge in [-0.1, -0.05) is 39.4 Å². The number of aryl methyl sites for hydroxylation is 2. The molecule has 130 valence electrons. The van der Waals surface area contributed by atoms with Crippen LogP contribution in [-0.2, 0) is 0 Å². The first kappa shape index (κ1) is 16.9. The molecule has 0 saturated heterocycles. The number of carbonyl (C=O) groups is 1. The van der Waals surface area contributed by atoms with Gasteiger partial charge in [0.15, 0.2) is 5.82 Å².